The normalized spacial score (nSPS) is 12.8. The van der Waals surface area contributed by atoms with Gasteiger partial charge in [-0.3, -0.25) is 4.79 Å². The van der Waals surface area contributed by atoms with Gasteiger partial charge in [0.1, 0.15) is 0 Å². The van der Waals surface area contributed by atoms with Gasteiger partial charge >= 0.3 is 0 Å². The van der Waals surface area contributed by atoms with Gasteiger partial charge in [0, 0.05) is 18.8 Å². The molecule has 0 saturated carbocycles. The fraction of sp³-hybridized carbons (Fsp3) is 0.421. The second-order valence-corrected chi connectivity index (χ2v) is 7.04. The second-order valence-electron chi connectivity index (χ2n) is 7.04. The Labute approximate surface area is 143 Å². The number of aryl methyl sites for hydroxylation is 1. The van der Waals surface area contributed by atoms with Crippen molar-refractivity contribution in [2.24, 2.45) is 5.41 Å². The average Bonchev–Trinajstić information content (AvgIpc) is 2.54. The molecule has 0 fully saturated rings. The van der Waals surface area contributed by atoms with Crippen LogP contribution in [-0.4, -0.2) is 45.6 Å². The molecular weight excluding hydrogens is 302 g/mol. The van der Waals surface area contributed by atoms with Crippen molar-refractivity contribution in [1.29, 1.82) is 0 Å². The third-order valence-electron chi connectivity index (χ3n) is 4.20. The van der Waals surface area contributed by atoms with E-state index in [1.54, 1.807) is 25.1 Å². The summed E-state index contributed by atoms with van der Waals surface area (Å²) in [5, 5.41) is 9.66. The van der Waals surface area contributed by atoms with Gasteiger partial charge in [-0.05, 0) is 12.3 Å². The highest BCUT2D eigenvalue weighted by atomic mass is 16.3. The summed E-state index contributed by atoms with van der Waals surface area (Å²) in [7, 11) is 1.71. The molecule has 1 aromatic heterocycles. The van der Waals surface area contributed by atoms with Crippen LogP contribution in [0.1, 0.15) is 36.8 Å². The van der Waals surface area contributed by atoms with Gasteiger partial charge in [0.05, 0.1) is 23.9 Å². The lowest BCUT2D eigenvalue weighted by molar-refractivity contribution is 0.0432. The Morgan fingerprint density at radius 3 is 2.38 bits per heavy atom. The number of amides is 1. The first-order valence-electron chi connectivity index (χ1n) is 8.02. The third kappa shape index (κ3) is 3.79. The molecule has 1 amide bonds. The summed E-state index contributed by atoms with van der Waals surface area (Å²) in [6, 6.07) is 9.38. The first-order chi connectivity index (χ1) is 11.3. The zero-order valence-electron chi connectivity index (χ0n) is 14.9. The van der Waals surface area contributed by atoms with E-state index in [9.17, 15) is 9.90 Å². The van der Waals surface area contributed by atoms with Crippen molar-refractivity contribution in [2.45, 2.75) is 33.7 Å². The van der Waals surface area contributed by atoms with Gasteiger partial charge < -0.3 is 10.0 Å². The van der Waals surface area contributed by atoms with E-state index in [0.29, 0.717) is 17.1 Å². The van der Waals surface area contributed by atoms with Gasteiger partial charge in [-0.1, -0.05) is 51.1 Å². The lowest BCUT2D eigenvalue weighted by Crippen LogP contribution is -2.47. The fourth-order valence-corrected chi connectivity index (χ4v) is 2.71. The van der Waals surface area contributed by atoms with Crippen molar-refractivity contribution in [3.63, 3.8) is 0 Å². The minimum Gasteiger partial charge on any atom is -0.394 e. The monoisotopic (exact) mass is 327 g/mol. The van der Waals surface area contributed by atoms with Crippen LogP contribution in [0.2, 0.25) is 0 Å². The van der Waals surface area contributed by atoms with E-state index in [1.807, 2.05) is 51.1 Å². The van der Waals surface area contributed by atoms with Crippen molar-refractivity contribution in [2.75, 3.05) is 13.7 Å². The first-order valence-corrected chi connectivity index (χ1v) is 8.02. The predicted octanol–water partition coefficient (Wildman–Crippen LogP) is 2.93. The topological polar surface area (TPSA) is 66.3 Å². The summed E-state index contributed by atoms with van der Waals surface area (Å²) >= 11 is 0. The van der Waals surface area contributed by atoms with E-state index >= 15 is 0 Å². The number of nitrogens with zero attached hydrogens (tertiary/aromatic N) is 3. The first kappa shape index (κ1) is 18.1. The minimum atomic E-state index is -0.279. The molecule has 1 atom stereocenters. The van der Waals surface area contributed by atoms with Crippen molar-refractivity contribution >= 4 is 5.91 Å². The maximum absolute atomic E-state index is 12.8. The summed E-state index contributed by atoms with van der Waals surface area (Å²) in [5.74, 6) is 0.419. The molecule has 128 valence electrons. The van der Waals surface area contributed by atoms with Crippen LogP contribution in [0.25, 0.3) is 11.4 Å². The summed E-state index contributed by atoms with van der Waals surface area (Å²) in [6.45, 7) is 7.71. The van der Waals surface area contributed by atoms with E-state index < -0.39 is 0 Å². The molecule has 0 aliphatic carbocycles. The second kappa shape index (κ2) is 7.09. The van der Waals surface area contributed by atoms with Crippen LogP contribution in [0.4, 0.5) is 0 Å². The molecule has 0 bridgehead atoms. The summed E-state index contributed by atoms with van der Waals surface area (Å²) in [5.41, 5.74) is 1.78. The molecule has 2 aromatic rings. The number of likely N-dealkylation sites (N-methyl/N-ethyl adjacent to an activating group) is 1. The number of hydrogen-bond acceptors (Lipinski definition) is 4. The van der Waals surface area contributed by atoms with Gasteiger partial charge in [0.2, 0.25) is 0 Å². The minimum absolute atomic E-state index is 0.0895. The number of rotatable bonds is 4. The Morgan fingerprint density at radius 1 is 1.25 bits per heavy atom. The Hall–Kier alpha value is -2.27. The van der Waals surface area contributed by atoms with Crippen LogP contribution in [0.5, 0.6) is 0 Å². The molecule has 1 aromatic carbocycles. The van der Waals surface area contributed by atoms with Crippen molar-refractivity contribution in [3.05, 3.63) is 47.8 Å². The van der Waals surface area contributed by atoms with Gasteiger partial charge in [-0.25, -0.2) is 9.97 Å². The van der Waals surface area contributed by atoms with Crippen LogP contribution in [-0.2, 0) is 0 Å². The SMILES string of the molecule is Cc1nc(-c2ccccc2)ncc1C(=O)N(C)[C@@H](CO)C(C)(C)C. The van der Waals surface area contributed by atoms with Crippen molar-refractivity contribution in [1.82, 2.24) is 14.9 Å². The molecule has 1 heterocycles. The fourth-order valence-electron chi connectivity index (χ4n) is 2.71. The van der Waals surface area contributed by atoms with Crippen LogP contribution < -0.4 is 0 Å². The highest BCUT2D eigenvalue weighted by molar-refractivity contribution is 5.95. The Balaban J connectivity index is 2.31. The molecule has 1 N–H and O–H groups in total. The summed E-state index contributed by atoms with van der Waals surface area (Å²) in [6.07, 6.45) is 1.57. The largest absolute Gasteiger partial charge is 0.394 e. The van der Waals surface area contributed by atoms with E-state index in [-0.39, 0.29) is 24.0 Å². The quantitative estimate of drug-likeness (QED) is 0.937. The van der Waals surface area contributed by atoms with E-state index in [4.69, 9.17) is 0 Å². The predicted molar refractivity (Wildman–Crippen MR) is 94.6 cm³/mol. The van der Waals surface area contributed by atoms with Crippen LogP contribution >= 0.6 is 0 Å². The smallest absolute Gasteiger partial charge is 0.257 e. The molecule has 2 rings (SSSR count). The molecule has 24 heavy (non-hydrogen) atoms. The molecule has 5 nitrogen and oxygen atoms in total. The molecule has 0 spiro atoms. The standard InChI is InChI=1S/C19H25N3O2/c1-13-15(18(24)22(5)16(12-23)19(2,3)4)11-20-17(21-13)14-9-7-6-8-10-14/h6-11,16,23H,12H2,1-5H3/t16-/m0/s1. The zero-order chi connectivity index (χ0) is 17.9. The highest BCUT2D eigenvalue weighted by Gasteiger charge is 2.31. The Kier molecular flexibility index (Phi) is 5.34. The number of aromatic nitrogens is 2. The van der Waals surface area contributed by atoms with Crippen molar-refractivity contribution < 1.29 is 9.90 Å². The van der Waals surface area contributed by atoms with Crippen LogP contribution in [0.15, 0.2) is 36.5 Å². The Morgan fingerprint density at radius 2 is 1.88 bits per heavy atom. The zero-order valence-corrected chi connectivity index (χ0v) is 14.9. The molecule has 0 saturated heterocycles. The number of aliphatic hydroxyl groups is 1. The molecule has 0 unspecified atom stereocenters. The maximum Gasteiger partial charge on any atom is 0.257 e. The van der Waals surface area contributed by atoms with E-state index in [2.05, 4.69) is 9.97 Å². The lowest BCUT2D eigenvalue weighted by Gasteiger charge is -2.36. The highest BCUT2D eigenvalue weighted by Crippen LogP contribution is 2.25. The molecule has 0 radical (unpaired) electrons. The number of carbonyl (C=O) groups is 1. The third-order valence-corrected chi connectivity index (χ3v) is 4.20. The van der Waals surface area contributed by atoms with Gasteiger partial charge in [-0.15, -0.1) is 0 Å². The molecule has 0 aliphatic rings. The van der Waals surface area contributed by atoms with Crippen molar-refractivity contribution in [3.8, 4) is 11.4 Å². The van der Waals surface area contributed by atoms with E-state index in [1.165, 1.54) is 0 Å². The van der Waals surface area contributed by atoms with Gasteiger partial charge in [0.25, 0.3) is 5.91 Å². The maximum atomic E-state index is 12.8. The summed E-state index contributed by atoms with van der Waals surface area (Å²) in [4.78, 5) is 23.2. The lowest BCUT2D eigenvalue weighted by atomic mass is 9.86. The average molecular weight is 327 g/mol. The number of hydrogen-bond donors (Lipinski definition) is 1. The molecule has 5 heteroatoms. The van der Waals surface area contributed by atoms with Crippen LogP contribution in [0.3, 0.4) is 0 Å². The number of benzene rings is 1. The molecular formula is C19H25N3O2. The van der Waals surface area contributed by atoms with Crippen LogP contribution in [0, 0.1) is 12.3 Å². The van der Waals surface area contributed by atoms with E-state index in [0.717, 1.165) is 5.56 Å². The Bertz CT molecular complexity index is 708. The van der Waals surface area contributed by atoms with Gasteiger partial charge in [-0.2, -0.15) is 0 Å². The molecule has 0 aliphatic heterocycles. The van der Waals surface area contributed by atoms with Gasteiger partial charge in [0.15, 0.2) is 5.82 Å². The number of carbonyl (C=O) groups excluding carboxylic acids is 1. The number of aliphatic hydroxyl groups excluding tert-OH is 1. The summed E-state index contributed by atoms with van der Waals surface area (Å²) < 4.78 is 0.